The number of nitrogens with one attached hydrogen (secondary N) is 3. The highest BCUT2D eigenvalue weighted by Crippen LogP contribution is 2.18. The van der Waals surface area contributed by atoms with Crippen molar-refractivity contribution in [1.29, 1.82) is 0 Å². The molecule has 3 aromatic carbocycles. The van der Waals surface area contributed by atoms with Crippen molar-refractivity contribution in [2.45, 2.75) is 20.4 Å². The van der Waals surface area contributed by atoms with Gasteiger partial charge in [0.25, 0.3) is 0 Å². The number of carbonyl (C=O) groups excluding carboxylic acids is 2. The van der Waals surface area contributed by atoms with Gasteiger partial charge >= 0.3 is 6.03 Å². The zero-order valence-corrected chi connectivity index (χ0v) is 17.9. The molecule has 0 aliphatic heterocycles. The van der Waals surface area contributed by atoms with Gasteiger partial charge in [-0.25, -0.2) is 4.79 Å². The van der Waals surface area contributed by atoms with E-state index in [4.69, 9.17) is 10.3 Å². The first-order valence-electron chi connectivity index (χ1n) is 9.97. The molecule has 1 aromatic heterocycles. The maximum atomic E-state index is 11.9. The first-order chi connectivity index (χ1) is 15.4. The van der Waals surface area contributed by atoms with Crippen LogP contribution in [0.4, 0.5) is 22.0 Å². The van der Waals surface area contributed by atoms with Crippen molar-refractivity contribution < 1.29 is 14.1 Å². The third-order valence-electron chi connectivity index (χ3n) is 4.49. The molecule has 4 aromatic rings. The van der Waals surface area contributed by atoms with Gasteiger partial charge in [0.15, 0.2) is 11.4 Å². The summed E-state index contributed by atoms with van der Waals surface area (Å²) in [6.45, 7) is 4.36. The molecule has 0 fully saturated rings. The molecule has 1 heterocycles. The number of nitrogen functional groups attached to an aromatic ring is 1. The predicted octanol–water partition coefficient (Wildman–Crippen LogP) is 4.60. The van der Waals surface area contributed by atoms with Crippen molar-refractivity contribution in [2.75, 3.05) is 16.4 Å². The van der Waals surface area contributed by atoms with Crippen LogP contribution in [0.2, 0.25) is 0 Å². The summed E-state index contributed by atoms with van der Waals surface area (Å²) in [5.41, 5.74) is 10.8. The minimum absolute atomic E-state index is 0.265. The van der Waals surface area contributed by atoms with Gasteiger partial charge in [0, 0.05) is 17.9 Å². The molecule has 164 valence electrons. The van der Waals surface area contributed by atoms with Crippen molar-refractivity contribution in [1.82, 2.24) is 10.5 Å². The van der Waals surface area contributed by atoms with E-state index in [0.717, 1.165) is 33.3 Å². The van der Waals surface area contributed by atoms with Gasteiger partial charge in [-0.2, -0.15) is 0 Å². The highest BCUT2D eigenvalue weighted by molar-refractivity contribution is 5.89. The standard InChI is InChI=1S/C17H19N3O2.C7H6N2O/c1-12-6-13(2)8-16(7-12)20-17(22)18-10-14-4-3-5-15(9-14)19-11-21;8-7-5-3-1-2-4-6(5)10-9-7/h3-9,11H,10H2,1-2H3,(H,19,21)(H2,18,20,22);1-4H,(H2,8,9). The average molecular weight is 431 g/mol. The van der Waals surface area contributed by atoms with Crippen LogP contribution < -0.4 is 21.7 Å². The molecule has 5 N–H and O–H groups in total. The van der Waals surface area contributed by atoms with Crippen LogP contribution in [0, 0.1) is 13.8 Å². The Labute approximate surface area is 185 Å². The molecule has 0 saturated carbocycles. The lowest BCUT2D eigenvalue weighted by Gasteiger charge is -2.10. The van der Waals surface area contributed by atoms with Crippen LogP contribution in [-0.4, -0.2) is 17.6 Å². The van der Waals surface area contributed by atoms with Crippen LogP contribution in [0.3, 0.4) is 0 Å². The van der Waals surface area contributed by atoms with Crippen LogP contribution in [0.15, 0.2) is 71.3 Å². The first kappa shape index (κ1) is 22.4. The number of urea groups is 1. The van der Waals surface area contributed by atoms with E-state index >= 15 is 0 Å². The molecule has 4 rings (SSSR count). The highest BCUT2D eigenvalue weighted by atomic mass is 16.5. The molecular formula is C24H25N5O3. The zero-order chi connectivity index (χ0) is 22.9. The number of anilines is 3. The molecule has 0 atom stereocenters. The summed E-state index contributed by atoms with van der Waals surface area (Å²) in [6, 6.07) is 20.4. The molecule has 8 nitrogen and oxygen atoms in total. The quantitative estimate of drug-likeness (QED) is 0.344. The van der Waals surface area contributed by atoms with E-state index in [0.29, 0.717) is 24.5 Å². The Balaban J connectivity index is 0.000000238. The van der Waals surface area contributed by atoms with Crippen molar-refractivity contribution in [3.05, 3.63) is 83.4 Å². The van der Waals surface area contributed by atoms with Crippen molar-refractivity contribution in [3.63, 3.8) is 0 Å². The fourth-order valence-corrected chi connectivity index (χ4v) is 3.15. The number of benzene rings is 3. The monoisotopic (exact) mass is 431 g/mol. The van der Waals surface area contributed by atoms with E-state index in [1.165, 1.54) is 0 Å². The second-order valence-electron chi connectivity index (χ2n) is 7.21. The summed E-state index contributed by atoms with van der Waals surface area (Å²) in [5.74, 6) is 0.454. The molecule has 3 amide bonds. The SMILES string of the molecule is Cc1cc(C)cc(NC(=O)NCc2cccc(NC=O)c2)c1.Nc1noc2ccccc12. The number of rotatable bonds is 5. The number of carbonyl (C=O) groups is 2. The molecule has 0 saturated heterocycles. The third-order valence-corrected chi connectivity index (χ3v) is 4.49. The van der Waals surface area contributed by atoms with E-state index in [1.54, 1.807) is 6.07 Å². The number of para-hydroxylation sites is 1. The fourth-order valence-electron chi connectivity index (χ4n) is 3.15. The van der Waals surface area contributed by atoms with Gasteiger partial charge in [-0.05, 0) is 66.9 Å². The number of nitrogens with two attached hydrogens (primary N) is 1. The molecule has 0 aliphatic rings. The third kappa shape index (κ3) is 6.33. The van der Waals surface area contributed by atoms with Crippen LogP contribution in [0.1, 0.15) is 16.7 Å². The Bertz CT molecular complexity index is 1200. The van der Waals surface area contributed by atoms with E-state index in [9.17, 15) is 9.59 Å². The Hall–Kier alpha value is -4.33. The van der Waals surface area contributed by atoms with Crippen molar-refractivity contribution >= 4 is 40.6 Å². The number of nitrogens with zero attached hydrogens (tertiary/aromatic N) is 1. The summed E-state index contributed by atoms with van der Waals surface area (Å²) in [5, 5.41) is 12.7. The number of aromatic nitrogens is 1. The highest BCUT2D eigenvalue weighted by Gasteiger charge is 2.04. The minimum atomic E-state index is -0.265. The number of aryl methyl sites for hydroxylation is 2. The van der Waals surface area contributed by atoms with Gasteiger partial charge in [0.05, 0.1) is 5.39 Å². The normalized spacial score (nSPS) is 10.1. The van der Waals surface area contributed by atoms with Gasteiger partial charge in [0.2, 0.25) is 6.41 Å². The largest absolute Gasteiger partial charge is 0.380 e. The molecule has 0 aliphatic carbocycles. The lowest BCUT2D eigenvalue weighted by atomic mass is 10.1. The van der Waals surface area contributed by atoms with Crippen LogP contribution in [0.5, 0.6) is 0 Å². The molecule has 8 heteroatoms. The molecule has 0 bridgehead atoms. The van der Waals surface area contributed by atoms with Crippen LogP contribution >= 0.6 is 0 Å². The first-order valence-corrected chi connectivity index (χ1v) is 9.97. The smallest absolute Gasteiger partial charge is 0.319 e. The van der Waals surface area contributed by atoms with Gasteiger partial charge in [-0.15, -0.1) is 0 Å². The fraction of sp³-hybridized carbons (Fsp3) is 0.125. The maximum Gasteiger partial charge on any atom is 0.319 e. The number of hydrogen-bond donors (Lipinski definition) is 4. The average Bonchev–Trinajstić information content (AvgIpc) is 3.14. The van der Waals surface area contributed by atoms with E-state index in [2.05, 4.69) is 27.2 Å². The summed E-state index contributed by atoms with van der Waals surface area (Å²) < 4.78 is 4.87. The van der Waals surface area contributed by atoms with E-state index in [-0.39, 0.29) is 6.03 Å². The lowest BCUT2D eigenvalue weighted by molar-refractivity contribution is -0.105. The van der Waals surface area contributed by atoms with Gasteiger partial charge in [0.1, 0.15) is 0 Å². The molecule has 0 unspecified atom stereocenters. The number of amides is 3. The molecular weight excluding hydrogens is 406 g/mol. The van der Waals surface area contributed by atoms with Crippen molar-refractivity contribution in [3.8, 4) is 0 Å². The van der Waals surface area contributed by atoms with E-state index in [1.807, 2.05) is 68.4 Å². The second kappa shape index (κ2) is 10.6. The van der Waals surface area contributed by atoms with E-state index < -0.39 is 0 Å². The Morgan fingerprint density at radius 3 is 2.47 bits per heavy atom. The van der Waals surface area contributed by atoms with Crippen LogP contribution in [0.25, 0.3) is 11.0 Å². The second-order valence-corrected chi connectivity index (χ2v) is 7.21. The summed E-state index contributed by atoms with van der Waals surface area (Å²) >= 11 is 0. The predicted molar refractivity (Wildman–Crippen MR) is 126 cm³/mol. The van der Waals surface area contributed by atoms with Gasteiger partial charge < -0.3 is 26.2 Å². The van der Waals surface area contributed by atoms with Gasteiger partial charge in [-0.1, -0.05) is 35.5 Å². The Kier molecular flexibility index (Phi) is 7.42. The molecule has 0 spiro atoms. The molecule has 32 heavy (non-hydrogen) atoms. The Morgan fingerprint density at radius 2 is 1.75 bits per heavy atom. The Morgan fingerprint density at radius 1 is 1.00 bits per heavy atom. The summed E-state index contributed by atoms with van der Waals surface area (Å²) in [6.07, 6.45) is 0.624. The van der Waals surface area contributed by atoms with Crippen molar-refractivity contribution in [2.24, 2.45) is 0 Å². The summed E-state index contributed by atoms with van der Waals surface area (Å²) in [4.78, 5) is 22.3. The minimum Gasteiger partial charge on any atom is -0.380 e. The van der Waals surface area contributed by atoms with Crippen LogP contribution in [-0.2, 0) is 11.3 Å². The molecule has 0 radical (unpaired) electrons. The number of fused-ring (bicyclic) bond motifs is 1. The summed E-state index contributed by atoms with van der Waals surface area (Å²) in [7, 11) is 0. The maximum absolute atomic E-state index is 11.9. The zero-order valence-electron chi connectivity index (χ0n) is 17.9. The number of hydrogen-bond acceptors (Lipinski definition) is 5. The lowest BCUT2D eigenvalue weighted by Crippen LogP contribution is -2.28. The van der Waals surface area contributed by atoms with Gasteiger partial charge in [-0.3, -0.25) is 4.79 Å². The topological polar surface area (TPSA) is 122 Å².